The van der Waals surface area contributed by atoms with Crippen LogP contribution in [0.2, 0.25) is 0 Å². The van der Waals surface area contributed by atoms with Crippen molar-refractivity contribution in [1.29, 1.82) is 0 Å². The summed E-state index contributed by atoms with van der Waals surface area (Å²) in [6.45, 7) is 3.69. The van der Waals surface area contributed by atoms with Gasteiger partial charge in [-0.1, -0.05) is 15.9 Å². The second-order valence-corrected chi connectivity index (χ2v) is 3.82. The molecule has 0 bridgehead atoms. The molecule has 0 saturated carbocycles. The number of rotatable bonds is 2. The third-order valence-electron chi connectivity index (χ3n) is 2.05. The van der Waals surface area contributed by atoms with Crippen LogP contribution in [0.25, 0.3) is 0 Å². The normalized spacial score (nSPS) is 12.7. The highest BCUT2D eigenvalue weighted by Gasteiger charge is 2.13. The third-order valence-corrected chi connectivity index (χ3v) is 2.91. The second-order valence-electron chi connectivity index (χ2n) is 2.96. The minimum atomic E-state index is -0.507. The van der Waals surface area contributed by atoms with Crippen LogP contribution < -0.4 is 4.74 Å². The number of methoxy groups -OCH3 is 1. The van der Waals surface area contributed by atoms with Gasteiger partial charge < -0.3 is 9.84 Å². The summed E-state index contributed by atoms with van der Waals surface area (Å²) in [5, 5.41) is 9.54. The molecular formula is C10H13BrO2. The Kier molecular flexibility index (Phi) is 3.33. The fourth-order valence-corrected chi connectivity index (χ4v) is 1.72. The van der Waals surface area contributed by atoms with E-state index in [2.05, 4.69) is 15.9 Å². The van der Waals surface area contributed by atoms with Crippen molar-refractivity contribution < 1.29 is 9.84 Å². The molecule has 1 N–H and O–H groups in total. The minimum Gasteiger partial charge on any atom is -0.496 e. The summed E-state index contributed by atoms with van der Waals surface area (Å²) >= 11 is 3.41. The van der Waals surface area contributed by atoms with E-state index in [-0.39, 0.29) is 0 Å². The Morgan fingerprint density at radius 3 is 2.54 bits per heavy atom. The lowest BCUT2D eigenvalue weighted by molar-refractivity contribution is 0.193. The lowest BCUT2D eigenvalue weighted by Gasteiger charge is -2.14. The minimum absolute atomic E-state index is 0.507. The van der Waals surface area contributed by atoms with Gasteiger partial charge in [-0.2, -0.15) is 0 Å². The van der Waals surface area contributed by atoms with Crippen molar-refractivity contribution in [3.8, 4) is 5.75 Å². The van der Waals surface area contributed by atoms with Crippen LogP contribution >= 0.6 is 15.9 Å². The first-order valence-electron chi connectivity index (χ1n) is 4.09. The standard InChI is InChI=1S/C10H13BrO2/c1-6-8(11)4-5-9(13-3)10(6)7(2)12/h4-5,7,12H,1-3H3. The SMILES string of the molecule is COc1ccc(Br)c(C)c1C(C)O. The molecule has 1 aromatic rings. The van der Waals surface area contributed by atoms with Gasteiger partial charge in [0.2, 0.25) is 0 Å². The zero-order chi connectivity index (χ0) is 10.0. The number of aliphatic hydroxyl groups is 1. The summed E-state index contributed by atoms with van der Waals surface area (Å²) in [6.07, 6.45) is -0.507. The molecular weight excluding hydrogens is 232 g/mol. The largest absolute Gasteiger partial charge is 0.496 e. The smallest absolute Gasteiger partial charge is 0.124 e. The van der Waals surface area contributed by atoms with Crippen molar-refractivity contribution in [2.45, 2.75) is 20.0 Å². The van der Waals surface area contributed by atoms with Gasteiger partial charge in [0.1, 0.15) is 5.75 Å². The van der Waals surface area contributed by atoms with E-state index in [1.165, 1.54) is 0 Å². The van der Waals surface area contributed by atoms with E-state index >= 15 is 0 Å². The van der Waals surface area contributed by atoms with Gasteiger partial charge in [-0.15, -0.1) is 0 Å². The van der Waals surface area contributed by atoms with Crippen LogP contribution in [0.5, 0.6) is 5.75 Å². The number of benzene rings is 1. The van der Waals surface area contributed by atoms with Crippen LogP contribution in [0, 0.1) is 6.92 Å². The van der Waals surface area contributed by atoms with E-state index in [0.29, 0.717) is 0 Å². The van der Waals surface area contributed by atoms with Crippen molar-refractivity contribution in [2.75, 3.05) is 7.11 Å². The molecule has 0 fully saturated rings. The Morgan fingerprint density at radius 2 is 2.08 bits per heavy atom. The molecule has 0 aromatic heterocycles. The molecule has 1 atom stereocenters. The van der Waals surface area contributed by atoms with Gasteiger partial charge in [0, 0.05) is 10.0 Å². The topological polar surface area (TPSA) is 29.5 Å². The van der Waals surface area contributed by atoms with Gasteiger partial charge in [-0.25, -0.2) is 0 Å². The molecule has 72 valence electrons. The molecule has 0 heterocycles. The molecule has 1 unspecified atom stereocenters. The molecule has 0 saturated heterocycles. The molecule has 0 amide bonds. The van der Waals surface area contributed by atoms with Crippen LogP contribution in [0.4, 0.5) is 0 Å². The Balaban J connectivity index is 3.32. The highest BCUT2D eigenvalue weighted by Crippen LogP contribution is 2.32. The lowest BCUT2D eigenvalue weighted by atomic mass is 10.0. The molecule has 0 spiro atoms. The summed E-state index contributed by atoms with van der Waals surface area (Å²) in [6, 6.07) is 3.76. The van der Waals surface area contributed by atoms with Gasteiger partial charge in [-0.05, 0) is 31.5 Å². The van der Waals surface area contributed by atoms with E-state index in [1.54, 1.807) is 14.0 Å². The highest BCUT2D eigenvalue weighted by atomic mass is 79.9. The molecule has 0 radical (unpaired) electrons. The quantitative estimate of drug-likeness (QED) is 0.868. The van der Waals surface area contributed by atoms with Crippen LogP contribution in [-0.4, -0.2) is 12.2 Å². The molecule has 13 heavy (non-hydrogen) atoms. The van der Waals surface area contributed by atoms with Gasteiger partial charge in [0.15, 0.2) is 0 Å². The van der Waals surface area contributed by atoms with Crippen molar-refractivity contribution in [1.82, 2.24) is 0 Å². The van der Waals surface area contributed by atoms with Crippen LogP contribution in [0.15, 0.2) is 16.6 Å². The zero-order valence-corrected chi connectivity index (χ0v) is 9.55. The van der Waals surface area contributed by atoms with E-state index < -0.39 is 6.10 Å². The summed E-state index contributed by atoms with van der Waals surface area (Å²) < 4.78 is 6.15. The van der Waals surface area contributed by atoms with Crippen molar-refractivity contribution in [3.05, 3.63) is 27.7 Å². The Hall–Kier alpha value is -0.540. The first kappa shape index (κ1) is 10.5. The van der Waals surface area contributed by atoms with Crippen molar-refractivity contribution in [2.24, 2.45) is 0 Å². The number of hydrogen-bond donors (Lipinski definition) is 1. The summed E-state index contributed by atoms with van der Waals surface area (Å²) in [4.78, 5) is 0. The first-order chi connectivity index (χ1) is 6.07. The summed E-state index contributed by atoms with van der Waals surface area (Å²) in [5.41, 5.74) is 1.87. The Labute approximate surface area is 86.7 Å². The van der Waals surface area contributed by atoms with Crippen molar-refractivity contribution >= 4 is 15.9 Å². The van der Waals surface area contributed by atoms with Crippen LogP contribution in [0.3, 0.4) is 0 Å². The average molecular weight is 245 g/mol. The third kappa shape index (κ3) is 2.03. The predicted octanol–water partition coefficient (Wildman–Crippen LogP) is 2.82. The molecule has 0 aliphatic rings. The molecule has 0 aliphatic heterocycles. The number of aliphatic hydroxyl groups excluding tert-OH is 1. The van der Waals surface area contributed by atoms with E-state index in [0.717, 1.165) is 21.3 Å². The maximum atomic E-state index is 9.54. The number of halogens is 1. The maximum absolute atomic E-state index is 9.54. The van der Waals surface area contributed by atoms with E-state index in [9.17, 15) is 5.11 Å². The summed E-state index contributed by atoms with van der Waals surface area (Å²) in [7, 11) is 1.61. The Bertz CT molecular complexity index is 308. The van der Waals surface area contributed by atoms with Gasteiger partial charge >= 0.3 is 0 Å². The first-order valence-corrected chi connectivity index (χ1v) is 4.88. The molecule has 1 aromatic carbocycles. The molecule has 1 rings (SSSR count). The van der Waals surface area contributed by atoms with Gasteiger partial charge in [0.05, 0.1) is 13.2 Å². The van der Waals surface area contributed by atoms with E-state index in [1.807, 2.05) is 19.1 Å². The zero-order valence-electron chi connectivity index (χ0n) is 7.97. The van der Waals surface area contributed by atoms with E-state index in [4.69, 9.17) is 4.74 Å². The number of hydrogen-bond acceptors (Lipinski definition) is 2. The van der Waals surface area contributed by atoms with Gasteiger partial charge in [0.25, 0.3) is 0 Å². The molecule has 2 nitrogen and oxygen atoms in total. The number of ether oxygens (including phenoxy) is 1. The molecule has 3 heteroatoms. The Morgan fingerprint density at radius 1 is 1.46 bits per heavy atom. The lowest BCUT2D eigenvalue weighted by Crippen LogP contribution is -2.00. The summed E-state index contributed by atoms with van der Waals surface area (Å²) in [5.74, 6) is 0.732. The van der Waals surface area contributed by atoms with Crippen LogP contribution in [0.1, 0.15) is 24.2 Å². The highest BCUT2D eigenvalue weighted by molar-refractivity contribution is 9.10. The predicted molar refractivity (Wildman–Crippen MR) is 56.1 cm³/mol. The van der Waals surface area contributed by atoms with Crippen LogP contribution in [-0.2, 0) is 0 Å². The van der Waals surface area contributed by atoms with Crippen molar-refractivity contribution in [3.63, 3.8) is 0 Å². The maximum Gasteiger partial charge on any atom is 0.124 e. The average Bonchev–Trinajstić information content (AvgIpc) is 2.08. The fourth-order valence-electron chi connectivity index (χ4n) is 1.37. The monoisotopic (exact) mass is 244 g/mol. The fraction of sp³-hybridized carbons (Fsp3) is 0.400. The van der Waals surface area contributed by atoms with Gasteiger partial charge in [-0.3, -0.25) is 0 Å². The molecule has 0 aliphatic carbocycles. The second kappa shape index (κ2) is 4.11.